The van der Waals surface area contributed by atoms with Gasteiger partial charge in [0.2, 0.25) is 0 Å². The van der Waals surface area contributed by atoms with Crippen LogP contribution in [0.3, 0.4) is 0 Å². The van der Waals surface area contributed by atoms with Gasteiger partial charge in [-0.1, -0.05) is 24.3 Å². The highest BCUT2D eigenvalue weighted by Crippen LogP contribution is 2.36. The molecule has 5 heteroatoms. The van der Waals surface area contributed by atoms with Gasteiger partial charge in [-0.2, -0.15) is 5.10 Å². The van der Waals surface area contributed by atoms with Crippen LogP contribution in [0.1, 0.15) is 34.9 Å². The Hall–Kier alpha value is -1.17. The van der Waals surface area contributed by atoms with E-state index in [1.165, 1.54) is 16.8 Å². The molecule has 2 atom stereocenters. The molecule has 0 bridgehead atoms. The van der Waals surface area contributed by atoms with Gasteiger partial charge in [-0.15, -0.1) is 0 Å². The van der Waals surface area contributed by atoms with E-state index >= 15 is 0 Å². The van der Waals surface area contributed by atoms with E-state index in [4.69, 9.17) is 5.84 Å². The van der Waals surface area contributed by atoms with Crippen LogP contribution in [-0.4, -0.2) is 15.8 Å². The number of benzene rings is 1. The average molecular weight is 349 g/mol. The van der Waals surface area contributed by atoms with Crippen molar-refractivity contribution >= 4 is 15.9 Å². The first-order chi connectivity index (χ1) is 10.1. The maximum Gasteiger partial charge on any atom is 0.0738 e. The fourth-order valence-electron chi connectivity index (χ4n) is 3.44. The molecular weight excluding hydrogens is 328 g/mol. The first-order valence-corrected chi connectivity index (χ1v) is 8.13. The van der Waals surface area contributed by atoms with Gasteiger partial charge in [0.25, 0.3) is 0 Å². The molecule has 0 fully saturated rings. The quantitative estimate of drug-likeness (QED) is 0.659. The molecule has 3 N–H and O–H groups in total. The van der Waals surface area contributed by atoms with Crippen LogP contribution < -0.4 is 11.3 Å². The summed E-state index contributed by atoms with van der Waals surface area (Å²) in [5.74, 6) is 6.34. The maximum absolute atomic E-state index is 5.87. The topological polar surface area (TPSA) is 55.9 Å². The number of hydrogen-bond donors (Lipinski definition) is 2. The van der Waals surface area contributed by atoms with Crippen molar-refractivity contribution in [2.24, 2.45) is 12.9 Å². The fourth-order valence-corrected chi connectivity index (χ4v) is 3.93. The van der Waals surface area contributed by atoms with E-state index < -0.39 is 0 Å². The molecule has 0 amide bonds. The zero-order valence-corrected chi connectivity index (χ0v) is 14.0. The summed E-state index contributed by atoms with van der Waals surface area (Å²) in [5, 5.41) is 4.47. The maximum atomic E-state index is 5.87. The summed E-state index contributed by atoms with van der Waals surface area (Å²) in [6.45, 7) is 2.02. The normalized spacial score (nSPS) is 18.8. The minimum Gasteiger partial charge on any atom is -0.271 e. The highest BCUT2D eigenvalue weighted by molar-refractivity contribution is 9.10. The second-order valence-electron chi connectivity index (χ2n) is 5.79. The number of nitrogens with two attached hydrogens (primary N) is 1. The summed E-state index contributed by atoms with van der Waals surface area (Å²) >= 11 is 3.65. The van der Waals surface area contributed by atoms with Crippen LogP contribution in [0.5, 0.6) is 0 Å². The third-order valence-electron chi connectivity index (χ3n) is 4.55. The minimum atomic E-state index is 0.222. The van der Waals surface area contributed by atoms with Gasteiger partial charge in [0, 0.05) is 25.4 Å². The second kappa shape index (κ2) is 5.91. The lowest BCUT2D eigenvalue weighted by Gasteiger charge is -2.24. The highest BCUT2D eigenvalue weighted by atomic mass is 79.9. The Bertz CT molecular complexity index is 650. The first kappa shape index (κ1) is 14.8. The standard InChI is InChI=1S/C16H21BrN4/c1-10-16(17)15(21(2)20-10)9-14(19-18)13-8-7-11-5-3-4-6-12(11)13/h3-6,13-14,19H,7-9,18H2,1-2H3. The number of hydrazine groups is 1. The number of fused-ring (bicyclic) bond motifs is 1. The summed E-state index contributed by atoms with van der Waals surface area (Å²) in [6.07, 6.45) is 3.17. The molecule has 21 heavy (non-hydrogen) atoms. The van der Waals surface area contributed by atoms with Gasteiger partial charge in [0.05, 0.1) is 15.9 Å². The van der Waals surface area contributed by atoms with Gasteiger partial charge in [-0.05, 0) is 46.8 Å². The summed E-state index contributed by atoms with van der Waals surface area (Å²) < 4.78 is 3.04. The highest BCUT2D eigenvalue weighted by Gasteiger charge is 2.30. The van der Waals surface area contributed by atoms with Crippen molar-refractivity contribution in [3.8, 4) is 0 Å². The molecule has 1 aromatic carbocycles. The van der Waals surface area contributed by atoms with Crippen LogP contribution in [-0.2, 0) is 19.9 Å². The number of halogens is 1. The number of aromatic nitrogens is 2. The monoisotopic (exact) mass is 348 g/mol. The summed E-state index contributed by atoms with van der Waals surface area (Å²) in [4.78, 5) is 0. The van der Waals surface area contributed by atoms with Crippen molar-refractivity contribution < 1.29 is 0 Å². The van der Waals surface area contributed by atoms with Gasteiger partial charge < -0.3 is 0 Å². The molecule has 112 valence electrons. The Morgan fingerprint density at radius 3 is 2.90 bits per heavy atom. The largest absolute Gasteiger partial charge is 0.271 e. The van der Waals surface area contributed by atoms with Crippen LogP contribution in [0.4, 0.5) is 0 Å². The molecule has 1 heterocycles. The minimum absolute atomic E-state index is 0.222. The van der Waals surface area contributed by atoms with Crippen LogP contribution in [0.2, 0.25) is 0 Å². The second-order valence-corrected chi connectivity index (χ2v) is 6.58. The lowest BCUT2D eigenvalue weighted by Crippen LogP contribution is -2.41. The Morgan fingerprint density at radius 2 is 2.24 bits per heavy atom. The van der Waals surface area contributed by atoms with Crippen LogP contribution in [0.15, 0.2) is 28.7 Å². The molecule has 0 radical (unpaired) electrons. The van der Waals surface area contributed by atoms with Crippen LogP contribution in [0.25, 0.3) is 0 Å². The third-order valence-corrected chi connectivity index (χ3v) is 5.59. The number of nitrogens with zero attached hydrogens (tertiary/aromatic N) is 2. The number of nitrogens with one attached hydrogen (secondary N) is 1. The zero-order valence-electron chi connectivity index (χ0n) is 12.4. The smallest absolute Gasteiger partial charge is 0.0738 e. The molecule has 1 aromatic heterocycles. The number of rotatable bonds is 4. The number of aryl methyl sites for hydroxylation is 3. The van der Waals surface area contributed by atoms with Crippen LogP contribution in [0, 0.1) is 6.92 Å². The molecular formula is C16H21BrN4. The molecule has 1 aliphatic carbocycles. The van der Waals surface area contributed by atoms with Gasteiger partial charge in [0.15, 0.2) is 0 Å². The van der Waals surface area contributed by atoms with E-state index in [1.54, 1.807) is 0 Å². The lowest BCUT2D eigenvalue weighted by atomic mass is 9.90. The first-order valence-electron chi connectivity index (χ1n) is 7.33. The molecule has 1 aliphatic rings. The Kier molecular flexibility index (Phi) is 4.15. The Morgan fingerprint density at radius 1 is 1.48 bits per heavy atom. The van der Waals surface area contributed by atoms with Gasteiger partial charge in [-0.25, -0.2) is 0 Å². The Balaban J connectivity index is 1.87. The van der Waals surface area contributed by atoms with Crippen molar-refractivity contribution in [2.75, 3.05) is 0 Å². The zero-order chi connectivity index (χ0) is 15.0. The summed E-state index contributed by atoms with van der Waals surface area (Å²) in [6, 6.07) is 8.93. The predicted molar refractivity (Wildman–Crippen MR) is 88.0 cm³/mol. The van der Waals surface area contributed by atoms with E-state index in [1.807, 2.05) is 18.7 Å². The van der Waals surface area contributed by atoms with Gasteiger partial charge >= 0.3 is 0 Å². The van der Waals surface area contributed by atoms with Crippen molar-refractivity contribution in [3.63, 3.8) is 0 Å². The SMILES string of the molecule is Cc1nn(C)c(CC(NN)C2CCc3ccccc32)c1Br. The molecule has 4 nitrogen and oxygen atoms in total. The van der Waals surface area contributed by atoms with E-state index in [9.17, 15) is 0 Å². The predicted octanol–water partition coefficient (Wildman–Crippen LogP) is 2.60. The number of hydrogen-bond acceptors (Lipinski definition) is 3. The van der Waals surface area contributed by atoms with E-state index in [0.717, 1.165) is 29.4 Å². The van der Waals surface area contributed by atoms with Crippen molar-refractivity contribution in [1.29, 1.82) is 0 Å². The molecule has 2 unspecified atom stereocenters. The van der Waals surface area contributed by atoms with E-state index in [0.29, 0.717) is 5.92 Å². The Labute approximate surface area is 133 Å². The average Bonchev–Trinajstić information content (AvgIpc) is 3.00. The van der Waals surface area contributed by atoms with E-state index in [2.05, 4.69) is 50.7 Å². The van der Waals surface area contributed by atoms with E-state index in [-0.39, 0.29) is 6.04 Å². The molecule has 0 spiro atoms. The van der Waals surface area contributed by atoms with Crippen molar-refractivity contribution in [2.45, 2.75) is 38.1 Å². The fraction of sp³-hybridized carbons (Fsp3) is 0.438. The third kappa shape index (κ3) is 2.65. The molecule has 3 rings (SSSR count). The molecule has 0 saturated heterocycles. The summed E-state index contributed by atoms with van der Waals surface area (Å²) in [7, 11) is 1.99. The molecule has 0 saturated carbocycles. The lowest BCUT2D eigenvalue weighted by molar-refractivity contribution is 0.424. The van der Waals surface area contributed by atoms with Gasteiger partial charge in [-0.3, -0.25) is 16.0 Å². The molecule has 0 aliphatic heterocycles. The van der Waals surface area contributed by atoms with Gasteiger partial charge in [0.1, 0.15) is 0 Å². The van der Waals surface area contributed by atoms with Crippen molar-refractivity contribution in [3.05, 3.63) is 51.3 Å². The summed E-state index contributed by atoms with van der Waals surface area (Å²) in [5.41, 5.74) is 8.15. The van der Waals surface area contributed by atoms with Crippen LogP contribution >= 0.6 is 15.9 Å². The molecule has 2 aromatic rings. The van der Waals surface area contributed by atoms with Crippen molar-refractivity contribution in [1.82, 2.24) is 15.2 Å².